The van der Waals surface area contributed by atoms with Gasteiger partial charge in [-0.3, -0.25) is 14.4 Å². The van der Waals surface area contributed by atoms with Crippen LogP contribution >= 0.6 is 0 Å². The van der Waals surface area contributed by atoms with Gasteiger partial charge in [0.2, 0.25) is 0 Å². The van der Waals surface area contributed by atoms with E-state index >= 15 is 0 Å². The average Bonchev–Trinajstić information content (AvgIpc) is 2.78. The van der Waals surface area contributed by atoms with Crippen molar-refractivity contribution < 1.29 is 18.8 Å². The number of rotatable bonds is 4. The van der Waals surface area contributed by atoms with Gasteiger partial charge in [0, 0.05) is 24.0 Å². The quantitative estimate of drug-likeness (QED) is 0.664. The van der Waals surface area contributed by atoms with Gasteiger partial charge in [0.15, 0.2) is 0 Å². The Hall–Kier alpha value is -2.96. The monoisotopic (exact) mass is 317 g/mol. The molecule has 0 aliphatic heterocycles. The second kappa shape index (κ2) is 6.04. The van der Waals surface area contributed by atoms with Gasteiger partial charge in [0.05, 0.1) is 0 Å². The van der Waals surface area contributed by atoms with E-state index in [1.54, 1.807) is 20.9 Å². The number of nitrogens with two attached hydrogens (primary N) is 1. The molecule has 0 saturated heterocycles. The molecule has 0 aliphatic rings. The number of nitrogens with zero attached hydrogens (tertiary/aromatic N) is 1. The number of hydrogen-bond acceptors (Lipinski definition) is 3. The molecule has 0 aliphatic carbocycles. The Morgan fingerprint density at radius 1 is 1.17 bits per heavy atom. The third-order valence-corrected chi connectivity index (χ3v) is 3.65. The van der Waals surface area contributed by atoms with Crippen LogP contribution < -0.4 is 11.1 Å². The zero-order chi connectivity index (χ0) is 17.3. The molecule has 0 atom stereocenters. The van der Waals surface area contributed by atoms with Gasteiger partial charge in [-0.1, -0.05) is 0 Å². The largest absolute Gasteiger partial charge is 0.363 e. The smallest absolute Gasteiger partial charge is 0.289 e. The summed E-state index contributed by atoms with van der Waals surface area (Å²) < 4.78 is 14.7. The number of aryl methyl sites for hydroxylation is 1. The summed E-state index contributed by atoms with van der Waals surface area (Å²) in [5, 5.41) is 2.62. The lowest BCUT2D eigenvalue weighted by atomic mass is 10.1. The van der Waals surface area contributed by atoms with Crippen LogP contribution in [0.25, 0.3) is 0 Å². The van der Waals surface area contributed by atoms with Crippen molar-refractivity contribution in [1.29, 1.82) is 0 Å². The Morgan fingerprint density at radius 2 is 1.83 bits per heavy atom. The van der Waals surface area contributed by atoms with Gasteiger partial charge >= 0.3 is 0 Å². The summed E-state index contributed by atoms with van der Waals surface area (Å²) in [6.07, 6.45) is 0. The third kappa shape index (κ3) is 3.13. The van der Waals surface area contributed by atoms with Crippen molar-refractivity contribution in [2.24, 2.45) is 12.8 Å². The van der Waals surface area contributed by atoms with Crippen molar-refractivity contribution in [2.75, 3.05) is 5.32 Å². The predicted octanol–water partition coefficient (Wildman–Crippen LogP) is 1.70. The number of ketones is 1. The molecule has 6 nitrogen and oxygen atoms in total. The van der Waals surface area contributed by atoms with E-state index in [1.165, 1.54) is 28.8 Å². The van der Waals surface area contributed by atoms with Crippen molar-refractivity contribution in [3.63, 3.8) is 0 Å². The summed E-state index contributed by atoms with van der Waals surface area (Å²) in [5.41, 5.74) is 6.54. The zero-order valence-corrected chi connectivity index (χ0v) is 12.9. The summed E-state index contributed by atoms with van der Waals surface area (Å²) in [5.74, 6) is -2.79. The second-order valence-corrected chi connectivity index (χ2v) is 5.20. The third-order valence-electron chi connectivity index (χ3n) is 3.65. The first-order chi connectivity index (χ1) is 10.7. The summed E-state index contributed by atoms with van der Waals surface area (Å²) in [7, 11) is 1.60. The van der Waals surface area contributed by atoms with Gasteiger partial charge < -0.3 is 15.6 Å². The highest BCUT2D eigenvalue weighted by Gasteiger charge is 2.22. The molecule has 0 spiro atoms. The van der Waals surface area contributed by atoms with E-state index in [2.05, 4.69) is 5.32 Å². The predicted molar refractivity (Wildman–Crippen MR) is 82.8 cm³/mol. The Labute approximate surface area is 132 Å². The fourth-order valence-electron chi connectivity index (χ4n) is 2.20. The summed E-state index contributed by atoms with van der Waals surface area (Å²) >= 11 is 0. The van der Waals surface area contributed by atoms with Crippen molar-refractivity contribution in [2.45, 2.75) is 13.8 Å². The van der Waals surface area contributed by atoms with E-state index in [9.17, 15) is 18.8 Å². The minimum atomic E-state index is -1.08. The minimum Gasteiger partial charge on any atom is -0.363 e. The van der Waals surface area contributed by atoms with Crippen molar-refractivity contribution in [3.05, 3.63) is 52.6 Å². The van der Waals surface area contributed by atoms with Crippen LogP contribution in [0.15, 0.2) is 24.3 Å². The first-order valence-corrected chi connectivity index (χ1v) is 6.80. The Morgan fingerprint density at radius 3 is 2.39 bits per heavy atom. The first kappa shape index (κ1) is 16.4. The topological polar surface area (TPSA) is 94.2 Å². The summed E-state index contributed by atoms with van der Waals surface area (Å²) in [6, 6.07) is 5.50. The van der Waals surface area contributed by atoms with Crippen LogP contribution in [0.4, 0.5) is 10.1 Å². The van der Waals surface area contributed by atoms with Crippen LogP contribution in [0.3, 0.4) is 0 Å². The number of carbonyl (C=O) groups is 3. The highest BCUT2D eigenvalue weighted by molar-refractivity contribution is 6.42. The van der Waals surface area contributed by atoms with Crippen LogP contribution in [-0.4, -0.2) is 22.2 Å². The van der Waals surface area contributed by atoms with E-state index in [-0.39, 0.29) is 17.1 Å². The van der Waals surface area contributed by atoms with Crippen molar-refractivity contribution >= 4 is 23.3 Å². The Balaban J connectivity index is 2.32. The van der Waals surface area contributed by atoms with Crippen LogP contribution in [0.2, 0.25) is 0 Å². The fraction of sp³-hybridized carbons (Fsp3) is 0.188. The molecular formula is C16H16FN3O3. The van der Waals surface area contributed by atoms with E-state index in [1.807, 2.05) is 0 Å². The highest BCUT2D eigenvalue weighted by Crippen LogP contribution is 2.18. The lowest BCUT2D eigenvalue weighted by Crippen LogP contribution is -2.23. The Kier molecular flexibility index (Phi) is 4.31. The molecule has 0 radical (unpaired) electrons. The maximum absolute atomic E-state index is 13.2. The number of benzene rings is 1. The molecule has 2 amide bonds. The number of hydrogen-bond donors (Lipinski definition) is 2. The van der Waals surface area contributed by atoms with E-state index in [4.69, 9.17) is 5.73 Å². The van der Waals surface area contributed by atoms with Crippen molar-refractivity contribution in [3.8, 4) is 0 Å². The molecule has 2 rings (SSSR count). The van der Waals surface area contributed by atoms with Gasteiger partial charge in [-0.25, -0.2) is 4.39 Å². The number of carbonyl (C=O) groups excluding carboxylic acids is 3. The molecule has 1 aromatic carbocycles. The summed E-state index contributed by atoms with van der Waals surface area (Å²) in [6.45, 7) is 3.19. The number of nitrogens with one attached hydrogen (secondary N) is 1. The number of Topliss-reactive ketones (excluding diaryl/α,β-unsaturated/α-hetero) is 1. The first-order valence-electron chi connectivity index (χ1n) is 6.80. The van der Waals surface area contributed by atoms with Gasteiger partial charge in [-0.15, -0.1) is 0 Å². The van der Waals surface area contributed by atoms with E-state index < -0.39 is 17.6 Å². The number of halogens is 1. The molecule has 0 fully saturated rings. The molecule has 3 N–H and O–H groups in total. The van der Waals surface area contributed by atoms with Gasteiger partial charge in [0.1, 0.15) is 11.5 Å². The maximum atomic E-state index is 13.2. The molecule has 23 heavy (non-hydrogen) atoms. The second-order valence-electron chi connectivity index (χ2n) is 5.20. The molecule has 0 unspecified atom stereocenters. The Bertz CT molecular complexity index is 824. The molecule has 7 heteroatoms. The maximum Gasteiger partial charge on any atom is 0.289 e. The number of aromatic nitrogens is 1. The van der Waals surface area contributed by atoms with Crippen LogP contribution in [0, 0.1) is 19.7 Å². The van der Waals surface area contributed by atoms with Gasteiger partial charge in [-0.2, -0.15) is 0 Å². The fourth-order valence-corrected chi connectivity index (χ4v) is 2.20. The normalized spacial score (nSPS) is 10.4. The number of anilines is 1. The van der Waals surface area contributed by atoms with E-state index in [0.29, 0.717) is 16.9 Å². The standard InChI is InChI=1S/C16H16FN3O3/c1-8-6-10(4-5-12(8)17)19-16(23)13-7-11(9(2)20(13)3)14(21)15(18)22/h4-7H,1-3H3,(H2,18,22)(H,19,23). The SMILES string of the molecule is Cc1cc(NC(=O)c2cc(C(=O)C(N)=O)c(C)n2C)ccc1F. The number of amides is 2. The van der Waals surface area contributed by atoms with Gasteiger partial charge in [-0.05, 0) is 43.7 Å². The molecule has 0 bridgehead atoms. The number of primary amides is 1. The molecule has 2 aromatic rings. The van der Waals surface area contributed by atoms with Crippen molar-refractivity contribution in [1.82, 2.24) is 4.57 Å². The zero-order valence-electron chi connectivity index (χ0n) is 12.9. The van der Waals surface area contributed by atoms with Crippen LogP contribution in [0.1, 0.15) is 32.1 Å². The average molecular weight is 317 g/mol. The summed E-state index contributed by atoms with van der Waals surface area (Å²) in [4.78, 5) is 35.1. The molecular weight excluding hydrogens is 301 g/mol. The minimum absolute atomic E-state index is 0.0837. The molecule has 1 aromatic heterocycles. The van der Waals surface area contributed by atoms with E-state index in [0.717, 1.165) is 0 Å². The van der Waals surface area contributed by atoms with Crippen LogP contribution in [0.5, 0.6) is 0 Å². The highest BCUT2D eigenvalue weighted by atomic mass is 19.1. The molecule has 0 saturated carbocycles. The molecule has 1 heterocycles. The molecule has 120 valence electrons. The van der Waals surface area contributed by atoms with Crippen LogP contribution in [-0.2, 0) is 11.8 Å². The lowest BCUT2D eigenvalue weighted by Gasteiger charge is -2.08. The lowest BCUT2D eigenvalue weighted by molar-refractivity contribution is -0.114. The van der Waals surface area contributed by atoms with Gasteiger partial charge in [0.25, 0.3) is 17.6 Å².